The van der Waals surface area contributed by atoms with Gasteiger partial charge in [-0.3, -0.25) is 9.59 Å². The first kappa shape index (κ1) is 20.7. The van der Waals surface area contributed by atoms with E-state index in [9.17, 15) is 9.59 Å². The fourth-order valence-electron chi connectivity index (χ4n) is 2.90. The van der Waals surface area contributed by atoms with E-state index < -0.39 is 5.91 Å². The molecule has 1 N–H and O–H groups in total. The zero-order chi connectivity index (χ0) is 21.8. The van der Waals surface area contributed by atoms with Crippen molar-refractivity contribution in [2.24, 2.45) is 0 Å². The third-order valence-corrected chi connectivity index (χ3v) is 4.76. The van der Waals surface area contributed by atoms with E-state index >= 15 is 0 Å². The Morgan fingerprint density at radius 2 is 1.71 bits per heavy atom. The summed E-state index contributed by atoms with van der Waals surface area (Å²) in [6.07, 6.45) is 4.40. The summed E-state index contributed by atoms with van der Waals surface area (Å²) >= 11 is 12.1. The topological polar surface area (TPSA) is 72.5 Å². The van der Waals surface area contributed by atoms with Crippen LogP contribution in [-0.4, -0.2) is 11.7 Å². The molecule has 5 nitrogen and oxygen atoms in total. The largest absolute Gasteiger partial charge is 0.459 e. The van der Waals surface area contributed by atoms with E-state index in [1.807, 2.05) is 0 Å². The molecule has 0 aliphatic rings. The Hall–Kier alpha value is -3.54. The number of ketones is 1. The maximum atomic E-state index is 12.6. The summed E-state index contributed by atoms with van der Waals surface area (Å²) < 4.78 is 10.8. The number of nitrogens with one attached hydrogen (secondary N) is 1. The van der Waals surface area contributed by atoms with Crippen LogP contribution in [0.4, 0.5) is 5.69 Å². The number of hydrogen-bond acceptors (Lipinski definition) is 4. The van der Waals surface area contributed by atoms with Crippen LogP contribution in [0, 0.1) is 0 Å². The lowest BCUT2D eigenvalue weighted by Crippen LogP contribution is -2.11. The number of hydrogen-bond donors (Lipinski definition) is 1. The predicted octanol–water partition coefficient (Wildman–Crippen LogP) is 6.99. The number of rotatable bonds is 6. The molecule has 0 unspecified atom stereocenters. The van der Waals surface area contributed by atoms with Gasteiger partial charge in [0.2, 0.25) is 0 Å². The fraction of sp³-hybridized carbons (Fsp3) is 0. The van der Waals surface area contributed by atoms with Crippen LogP contribution in [0.3, 0.4) is 0 Å². The van der Waals surface area contributed by atoms with Crippen LogP contribution in [0.15, 0.2) is 87.9 Å². The monoisotopic (exact) mass is 451 g/mol. The first-order valence-electron chi connectivity index (χ1n) is 9.21. The van der Waals surface area contributed by atoms with Crippen LogP contribution in [0.5, 0.6) is 0 Å². The van der Waals surface area contributed by atoms with Gasteiger partial charge in [0.1, 0.15) is 11.5 Å². The maximum Gasteiger partial charge on any atom is 0.291 e. The molecule has 0 spiro atoms. The van der Waals surface area contributed by atoms with Gasteiger partial charge in [0.15, 0.2) is 11.5 Å². The Morgan fingerprint density at radius 1 is 0.903 bits per heavy atom. The average molecular weight is 452 g/mol. The highest BCUT2D eigenvalue weighted by molar-refractivity contribution is 6.35. The predicted molar refractivity (Wildman–Crippen MR) is 121 cm³/mol. The van der Waals surface area contributed by atoms with Crippen molar-refractivity contribution in [3.63, 3.8) is 0 Å². The molecule has 4 aromatic rings. The number of allylic oxidation sites excluding steroid dienone is 1. The quantitative estimate of drug-likeness (QED) is 0.253. The number of carbonyl (C=O) groups is 2. The molecule has 2 aromatic heterocycles. The molecule has 31 heavy (non-hydrogen) atoms. The number of carbonyl (C=O) groups excluding carboxylic acids is 2. The normalized spacial score (nSPS) is 11.0. The first-order chi connectivity index (χ1) is 15.0. The molecule has 2 heterocycles. The van der Waals surface area contributed by atoms with Gasteiger partial charge in [0.25, 0.3) is 5.91 Å². The molecule has 0 aliphatic heterocycles. The second-order valence-electron chi connectivity index (χ2n) is 6.57. The van der Waals surface area contributed by atoms with E-state index in [1.165, 1.54) is 12.3 Å². The van der Waals surface area contributed by atoms with Gasteiger partial charge in [-0.25, -0.2) is 0 Å². The zero-order valence-electron chi connectivity index (χ0n) is 16.0. The van der Waals surface area contributed by atoms with E-state index in [4.69, 9.17) is 32.0 Å². The highest BCUT2D eigenvalue weighted by Crippen LogP contribution is 2.29. The smallest absolute Gasteiger partial charge is 0.291 e. The SMILES string of the molecule is O=C(/C=C/c1ccc(-c2cc(Cl)cc(Cl)c2)o1)c1cccc(NC(=O)c2ccco2)c1. The van der Waals surface area contributed by atoms with Gasteiger partial charge in [-0.1, -0.05) is 35.3 Å². The summed E-state index contributed by atoms with van der Waals surface area (Å²) in [5.41, 5.74) is 1.64. The lowest BCUT2D eigenvalue weighted by molar-refractivity contribution is 0.0994. The zero-order valence-corrected chi connectivity index (χ0v) is 17.5. The summed E-state index contributed by atoms with van der Waals surface area (Å²) in [5.74, 6) is 0.638. The van der Waals surface area contributed by atoms with Crippen molar-refractivity contribution in [1.29, 1.82) is 0 Å². The lowest BCUT2D eigenvalue weighted by Gasteiger charge is -2.04. The van der Waals surface area contributed by atoms with E-state index in [-0.39, 0.29) is 11.5 Å². The minimum Gasteiger partial charge on any atom is -0.459 e. The molecule has 0 saturated carbocycles. The van der Waals surface area contributed by atoms with Crippen molar-refractivity contribution in [2.75, 3.05) is 5.32 Å². The van der Waals surface area contributed by atoms with Crippen LogP contribution in [0.2, 0.25) is 10.0 Å². The van der Waals surface area contributed by atoms with Crippen LogP contribution < -0.4 is 5.32 Å². The molecule has 7 heteroatoms. The Kier molecular flexibility index (Phi) is 6.07. The summed E-state index contributed by atoms with van der Waals surface area (Å²) in [7, 11) is 0. The molecule has 0 bridgehead atoms. The van der Waals surface area contributed by atoms with Crippen molar-refractivity contribution in [1.82, 2.24) is 0 Å². The van der Waals surface area contributed by atoms with Crippen molar-refractivity contribution >= 4 is 46.7 Å². The maximum absolute atomic E-state index is 12.6. The molecular weight excluding hydrogens is 437 g/mol. The van der Waals surface area contributed by atoms with Gasteiger partial charge in [0, 0.05) is 26.9 Å². The minimum atomic E-state index is -0.394. The van der Waals surface area contributed by atoms with Crippen LogP contribution in [0.1, 0.15) is 26.7 Å². The standard InChI is InChI=1S/C24H15Cl2NO4/c25-17-11-16(12-18(26)14-17)22-9-7-20(31-22)6-8-21(28)15-3-1-4-19(13-15)27-24(29)23-5-2-10-30-23/h1-14H,(H,27,29)/b8-6+. The van der Waals surface area contributed by atoms with Gasteiger partial charge in [-0.2, -0.15) is 0 Å². The van der Waals surface area contributed by atoms with Gasteiger partial charge >= 0.3 is 0 Å². The Labute approximate surface area is 187 Å². The fourth-order valence-corrected chi connectivity index (χ4v) is 3.42. The van der Waals surface area contributed by atoms with E-state index in [1.54, 1.807) is 72.8 Å². The molecule has 0 radical (unpaired) electrons. The van der Waals surface area contributed by atoms with E-state index in [0.717, 1.165) is 5.56 Å². The number of amides is 1. The van der Waals surface area contributed by atoms with Crippen LogP contribution >= 0.6 is 23.2 Å². The van der Waals surface area contributed by atoms with Crippen molar-refractivity contribution in [2.45, 2.75) is 0 Å². The van der Waals surface area contributed by atoms with E-state index in [0.29, 0.717) is 32.8 Å². The molecule has 4 rings (SSSR count). The molecule has 2 aromatic carbocycles. The van der Waals surface area contributed by atoms with E-state index in [2.05, 4.69) is 5.32 Å². The van der Waals surface area contributed by atoms with Crippen molar-refractivity contribution < 1.29 is 18.4 Å². The second kappa shape index (κ2) is 9.08. The molecule has 154 valence electrons. The Bertz CT molecular complexity index is 1250. The third kappa shape index (κ3) is 5.15. The highest BCUT2D eigenvalue weighted by Gasteiger charge is 2.11. The second-order valence-corrected chi connectivity index (χ2v) is 7.44. The molecule has 0 saturated heterocycles. The first-order valence-corrected chi connectivity index (χ1v) is 9.97. The minimum absolute atomic E-state index is 0.186. The van der Waals surface area contributed by atoms with Crippen LogP contribution in [-0.2, 0) is 0 Å². The van der Waals surface area contributed by atoms with Gasteiger partial charge < -0.3 is 14.2 Å². The number of anilines is 1. The number of furan rings is 2. The van der Waals surface area contributed by atoms with Gasteiger partial charge in [-0.05, 0) is 66.7 Å². The van der Waals surface area contributed by atoms with Crippen molar-refractivity contribution in [3.05, 3.63) is 106 Å². The average Bonchev–Trinajstić information content (AvgIpc) is 3.44. The van der Waals surface area contributed by atoms with Gasteiger partial charge in [-0.15, -0.1) is 0 Å². The van der Waals surface area contributed by atoms with Crippen molar-refractivity contribution in [3.8, 4) is 11.3 Å². The third-order valence-electron chi connectivity index (χ3n) is 4.32. The van der Waals surface area contributed by atoms with Gasteiger partial charge in [0.05, 0.1) is 6.26 Å². The Morgan fingerprint density at radius 3 is 2.45 bits per heavy atom. The molecule has 0 fully saturated rings. The summed E-state index contributed by atoms with van der Waals surface area (Å²) in [5, 5.41) is 3.70. The summed E-state index contributed by atoms with van der Waals surface area (Å²) in [4.78, 5) is 24.7. The van der Waals surface area contributed by atoms with Crippen LogP contribution in [0.25, 0.3) is 17.4 Å². The lowest BCUT2D eigenvalue weighted by atomic mass is 10.1. The number of benzene rings is 2. The number of halogens is 2. The Balaban J connectivity index is 1.46. The molecule has 0 atom stereocenters. The molecule has 0 aliphatic carbocycles. The molecular formula is C24H15Cl2NO4. The molecule has 1 amide bonds. The summed E-state index contributed by atoms with van der Waals surface area (Å²) in [6, 6.07) is 18.5. The highest BCUT2D eigenvalue weighted by atomic mass is 35.5. The summed E-state index contributed by atoms with van der Waals surface area (Å²) in [6.45, 7) is 0.